The third-order valence-corrected chi connectivity index (χ3v) is 3.38. The summed E-state index contributed by atoms with van der Waals surface area (Å²) < 4.78 is 19.0. The lowest BCUT2D eigenvalue weighted by Crippen LogP contribution is -2.03. The Morgan fingerprint density at radius 2 is 2.05 bits per heavy atom. The Balaban J connectivity index is 2.38. The van der Waals surface area contributed by atoms with Gasteiger partial charge in [0, 0.05) is 11.8 Å². The van der Waals surface area contributed by atoms with Crippen molar-refractivity contribution in [3.8, 4) is 11.6 Å². The van der Waals surface area contributed by atoms with Crippen LogP contribution in [0.3, 0.4) is 0 Å². The molecule has 0 bridgehead atoms. The van der Waals surface area contributed by atoms with Gasteiger partial charge in [0.1, 0.15) is 11.6 Å². The van der Waals surface area contributed by atoms with E-state index in [9.17, 15) is 9.18 Å². The fraction of sp³-hybridized carbons (Fsp3) is 0.200. The SMILES string of the molecule is CC(C)c1cc(C(=O)O)cc(Oc2ccc(F)c(Br)c2)n1. The number of hydrogen-bond donors (Lipinski definition) is 1. The van der Waals surface area contributed by atoms with E-state index >= 15 is 0 Å². The number of hydrogen-bond acceptors (Lipinski definition) is 3. The quantitative estimate of drug-likeness (QED) is 0.872. The largest absolute Gasteiger partial charge is 0.478 e. The van der Waals surface area contributed by atoms with Crippen LogP contribution < -0.4 is 4.74 Å². The highest BCUT2D eigenvalue weighted by atomic mass is 79.9. The second-order valence-electron chi connectivity index (χ2n) is 4.76. The lowest BCUT2D eigenvalue weighted by atomic mass is 10.1. The fourth-order valence-electron chi connectivity index (χ4n) is 1.66. The zero-order valence-electron chi connectivity index (χ0n) is 11.4. The average Bonchev–Trinajstić information content (AvgIpc) is 2.42. The minimum atomic E-state index is -1.05. The molecule has 0 aliphatic heterocycles. The first-order valence-corrected chi connectivity index (χ1v) is 7.04. The number of carbonyl (C=O) groups is 1. The lowest BCUT2D eigenvalue weighted by Gasteiger charge is -2.10. The van der Waals surface area contributed by atoms with Gasteiger partial charge < -0.3 is 9.84 Å². The predicted octanol–water partition coefficient (Wildman–Crippen LogP) is 4.60. The Hall–Kier alpha value is -1.95. The van der Waals surface area contributed by atoms with Crippen LogP contribution in [-0.2, 0) is 0 Å². The number of aromatic carboxylic acids is 1. The van der Waals surface area contributed by atoms with Crippen molar-refractivity contribution in [1.29, 1.82) is 0 Å². The highest BCUT2D eigenvalue weighted by molar-refractivity contribution is 9.10. The van der Waals surface area contributed by atoms with Gasteiger partial charge >= 0.3 is 5.97 Å². The molecule has 0 atom stereocenters. The zero-order chi connectivity index (χ0) is 15.6. The molecule has 0 fully saturated rings. The topological polar surface area (TPSA) is 59.4 Å². The van der Waals surface area contributed by atoms with Crippen molar-refractivity contribution in [3.63, 3.8) is 0 Å². The summed E-state index contributed by atoms with van der Waals surface area (Å²) in [6.07, 6.45) is 0. The first-order valence-electron chi connectivity index (χ1n) is 6.25. The Morgan fingerprint density at radius 3 is 2.62 bits per heavy atom. The van der Waals surface area contributed by atoms with Gasteiger partial charge in [-0.1, -0.05) is 13.8 Å². The van der Waals surface area contributed by atoms with Gasteiger partial charge in [-0.25, -0.2) is 14.2 Å². The van der Waals surface area contributed by atoms with Crippen LogP contribution in [0.1, 0.15) is 35.8 Å². The molecule has 0 saturated carbocycles. The van der Waals surface area contributed by atoms with Gasteiger partial charge in [-0.2, -0.15) is 0 Å². The Morgan fingerprint density at radius 1 is 1.33 bits per heavy atom. The molecule has 1 heterocycles. The van der Waals surface area contributed by atoms with Crippen molar-refractivity contribution in [2.75, 3.05) is 0 Å². The molecule has 4 nitrogen and oxygen atoms in total. The first kappa shape index (κ1) is 15.4. The third kappa shape index (κ3) is 3.78. The van der Waals surface area contributed by atoms with Crippen LogP contribution in [0.5, 0.6) is 11.6 Å². The number of carboxylic acids is 1. The standard InChI is InChI=1S/C15H13BrFNO3/c1-8(2)13-5-9(15(19)20)6-14(18-13)21-10-3-4-12(17)11(16)7-10/h3-8H,1-2H3,(H,19,20). The van der Waals surface area contributed by atoms with Crippen LogP contribution in [0.2, 0.25) is 0 Å². The van der Waals surface area contributed by atoms with Crippen molar-refractivity contribution < 1.29 is 19.0 Å². The molecule has 0 radical (unpaired) electrons. The number of carboxylic acid groups (broad SMARTS) is 1. The van der Waals surface area contributed by atoms with Crippen molar-refractivity contribution in [2.45, 2.75) is 19.8 Å². The molecular formula is C15H13BrFNO3. The number of benzene rings is 1. The Labute approximate surface area is 129 Å². The second kappa shape index (κ2) is 6.22. The number of nitrogens with zero attached hydrogens (tertiary/aromatic N) is 1. The van der Waals surface area contributed by atoms with Gasteiger partial charge in [0.05, 0.1) is 10.0 Å². The number of halogens is 2. The van der Waals surface area contributed by atoms with Crippen molar-refractivity contribution in [3.05, 3.63) is 51.9 Å². The van der Waals surface area contributed by atoms with Crippen LogP contribution in [0, 0.1) is 5.82 Å². The highest BCUT2D eigenvalue weighted by Crippen LogP contribution is 2.27. The molecule has 0 aliphatic rings. The van der Waals surface area contributed by atoms with Gasteiger partial charge in [0.15, 0.2) is 0 Å². The summed E-state index contributed by atoms with van der Waals surface area (Å²) in [5, 5.41) is 9.12. The van der Waals surface area contributed by atoms with Crippen LogP contribution >= 0.6 is 15.9 Å². The molecule has 2 rings (SSSR count). The normalized spacial score (nSPS) is 10.7. The van der Waals surface area contributed by atoms with Gasteiger partial charge in [-0.15, -0.1) is 0 Å². The molecule has 0 aliphatic carbocycles. The summed E-state index contributed by atoms with van der Waals surface area (Å²) in [5.41, 5.74) is 0.718. The van der Waals surface area contributed by atoms with Gasteiger partial charge in [-0.05, 0) is 46.1 Å². The maximum absolute atomic E-state index is 13.2. The van der Waals surface area contributed by atoms with E-state index in [0.717, 1.165) is 0 Å². The molecule has 21 heavy (non-hydrogen) atoms. The van der Waals surface area contributed by atoms with E-state index in [2.05, 4.69) is 20.9 Å². The van der Waals surface area contributed by atoms with E-state index in [0.29, 0.717) is 11.4 Å². The molecule has 2 aromatic rings. The molecule has 110 valence electrons. The number of rotatable bonds is 4. The molecule has 1 N–H and O–H groups in total. The smallest absolute Gasteiger partial charge is 0.335 e. The molecular weight excluding hydrogens is 341 g/mol. The molecule has 0 unspecified atom stereocenters. The highest BCUT2D eigenvalue weighted by Gasteiger charge is 2.12. The van der Waals surface area contributed by atoms with Crippen LogP contribution in [0.25, 0.3) is 0 Å². The summed E-state index contributed by atoms with van der Waals surface area (Å²) in [5.74, 6) is -0.862. The maximum Gasteiger partial charge on any atom is 0.335 e. The third-order valence-electron chi connectivity index (χ3n) is 2.77. The summed E-state index contributed by atoms with van der Waals surface area (Å²) in [4.78, 5) is 15.4. The van der Waals surface area contributed by atoms with Gasteiger partial charge in [0.2, 0.25) is 5.88 Å². The molecule has 1 aromatic heterocycles. The molecule has 0 saturated heterocycles. The van der Waals surface area contributed by atoms with Crippen LogP contribution in [0.4, 0.5) is 4.39 Å². The molecule has 6 heteroatoms. The minimum absolute atomic E-state index is 0.0617. The van der Waals surface area contributed by atoms with Crippen molar-refractivity contribution in [2.24, 2.45) is 0 Å². The van der Waals surface area contributed by atoms with Crippen LogP contribution in [0.15, 0.2) is 34.8 Å². The summed E-state index contributed by atoms with van der Waals surface area (Å²) in [6, 6.07) is 7.01. The monoisotopic (exact) mass is 353 g/mol. The van der Waals surface area contributed by atoms with Crippen molar-refractivity contribution >= 4 is 21.9 Å². The van der Waals surface area contributed by atoms with Gasteiger partial charge in [-0.3, -0.25) is 0 Å². The van der Waals surface area contributed by atoms with Crippen molar-refractivity contribution in [1.82, 2.24) is 4.98 Å². The van der Waals surface area contributed by atoms with E-state index in [1.165, 1.54) is 30.3 Å². The van der Waals surface area contributed by atoms with E-state index in [-0.39, 0.29) is 21.8 Å². The fourth-order valence-corrected chi connectivity index (χ4v) is 2.02. The predicted molar refractivity (Wildman–Crippen MR) is 79.5 cm³/mol. The summed E-state index contributed by atoms with van der Waals surface area (Å²) >= 11 is 3.07. The molecule has 0 amide bonds. The van der Waals surface area contributed by atoms with E-state index in [1.807, 2.05) is 13.8 Å². The Bertz CT molecular complexity index is 689. The lowest BCUT2D eigenvalue weighted by molar-refractivity contribution is 0.0696. The minimum Gasteiger partial charge on any atom is -0.478 e. The van der Waals surface area contributed by atoms with E-state index in [1.54, 1.807) is 0 Å². The van der Waals surface area contributed by atoms with E-state index < -0.39 is 11.8 Å². The molecule has 0 spiro atoms. The average molecular weight is 354 g/mol. The van der Waals surface area contributed by atoms with Gasteiger partial charge in [0.25, 0.3) is 0 Å². The summed E-state index contributed by atoms with van der Waals surface area (Å²) in [6.45, 7) is 3.82. The van der Waals surface area contributed by atoms with E-state index in [4.69, 9.17) is 9.84 Å². The Kier molecular flexibility index (Phi) is 4.57. The molecule has 1 aromatic carbocycles. The number of aromatic nitrogens is 1. The number of ether oxygens (including phenoxy) is 1. The second-order valence-corrected chi connectivity index (χ2v) is 5.61. The van der Waals surface area contributed by atoms with Crippen LogP contribution in [-0.4, -0.2) is 16.1 Å². The number of pyridine rings is 1. The first-order chi connectivity index (χ1) is 9.86. The maximum atomic E-state index is 13.2. The zero-order valence-corrected chi connectivity index (χ0v) is 13.0. The summed E-state index contributed by atoms with van der Waals surface area (Å²) in [7, 11) is 0.